The molecule has 6 fully saturated rings. The number of rotatable bonds is 17. The Kier molecular flexibility index (Phi) is 25.7. The van der Waals surface area contributed by atoms with E-state index in [-0.39, 0.29) is 53.5 Å². The number of benzene rings is 4. The Labute approximate surface area is 766 Å². The first-order valence-electron chi connectivity index (χ1n) is 44.7. The molecule has 36 heteroatoms. The number of nitrogens with two attached hydrogens (primary N) is 1. The summed E-state index contributed by atoms with van der Waals surface area (Å²) in [7, 11) is 6.22. The number of ether oxygens (including phenoxy) is 10. The van der Waals surface area contributed by atoms with Gasteiger partial charge in [-0.3, -0.25) is 33.5 Å². The van der Waals surface area contributed by atoms with Gasteiger partial charge in [-0.25, -0.2) is 24.0 Å². The standard InChI is InChI=1S/C45H54N4O8.C43H53NO14.C9H11F2N3O4/c1-8-27-19-28-22-44(40(51)55-6,36-30(25-48(23-27)24-28)29-13-10-11-14-33(29)46-36)32-20-31-34(21-35(32)54-5)47(4)38-43(31)16-18-49-17-12-15-42(9-2,37(43)49)39(57-26(3)50)45(38,53)41(52)56-7;1-22-26(55-37(51)32(48)30(24-15-11-9-12-16-24)44-38(52)58-39(3,4)5)20-43(53)35(56-36(50)25-17-13-10-14-18-25)33-41(8,34(49)31(47)29(22)40(43,6)7)27(46)19-28-42(33,21-54-28)57-23(2)45;10-9(11)6(16)4(3-15)18-7(9)14-2-1-5(12)13-8(14)17/h10-15,19-21,28,37-39,46,53H,8-9,16-18,22-25H2,1-7H3;9-18,26-28,30-33,35,46-48,53H,19-21H2,1-8H3,(H,44,52);1-2,4,6-7,15-16H,3H2,(H2,12,13,17)/t28-,37-,38+,39+,42+,43+,44-,45-;26-,27-,28+,30-,31+,32?,33-,35-,41+,42-,43+;4-,6-,7-/m001/s1. The zero-order valence-corrected chi connectivity index (χ0v) is 76.9. The Bertz CT molecular complexity index is 5730. The number of amides is 1. The number of aromatic nitrogens is 3. The van der Waals surface area contributed by atoms with Crippen molar-refractivity contribution in [2.24, 2.45) is 28.1 Å². The number of nitrogens with zero attached hydrogens (tertiary/aromatic N) is 5. The number of ketones is 1. The van der Waals surface area contributed by atoms with Gasteiger partial charge in [0, 0.05) is 122 Å². The quantitative estimate of drug-likeness (QED) is 0.0257. The summed E-state index contributed by atoms with van der Waals surface area (Å²) in [6.07, 6.45) is -8.50. The monoisotopic (exact) mass is 1850 g/mol. The van der Waals surface area contributed by atoms with E-state index < -0.39 is 195 Å². The highest BCUT2D eigenvalue weighted by Crippen LogP contribution is 2.70. The maximum absolute atomic E-state index is 15.2. The van der Waals surface area contributed by atoms with E-state index in [4.69, 9.17) is 58.2 Å². The molecule has 0 radical (unpaired) electrons. The van der Waals surface area contributed by atoms with Crippen molar-refractivity contribution in [2.45, 2.75) is 240 Å². The summed E-state index contributed by atoms with van der Waals surface area (Å²) in [4.78, 5) is 137. The molecule has 1 amide bonds. The van der Waals surface area contributed by atoms with E-state index in [1.165, 1.54) is 52.7 Å². The second kappa shape index (κ2) is 35.4. The molecule has 4 aromatic carbocycles. The molecule has 4 aliphatic carbocycles. The molecular formula is C97H118F2N8O26. The van der Waals surface area contributed by atoms with Crippen molar-refractivity contribution < 1.29 is 130 Å². The molecule has 2 aromatic heterocycles. The summed E-state index contributed by atoms with van der Waals surface area (Å²) in [5, 5.41) is 84.0. The maximum atomic E-state index is 15.2. The summed E-state index contributed by atoms with van der Waals surface area (Å²) in [6, 6.07) is 26.9. The molecule has 17 rings (SSSR count). The number of nitrogens with one attached hydrogen (secondary N) is 2. The zero-order valence-electron chi connectivity index (χ0n) is 76.9. The van der Waals surface area contributed by atoms with Crippen molar-refractivity contribution >= 4 is 70.1 Å². The second-order valence-electron chi connectivity index (χ2n) is 38.6. The van der Waals surface area contributed by atoms with Crippen LogP contribution < -0.4 is 26.4 Å². The number of hydrogen-bond acceptors (Lipinski definition) is 31. The number of aliphatic hydroxyl groups excluding tert-OH is 5. The number of carbonyl (C=O) groups is 8. The van der Waals surface area contributed by atoms with Crippen LogP contribution in [-0.4, -0.2) is 271 Å². The van der Waals surface area contributed by atoms with Crippen LogP contribution in [-0.2, 0) is 88.8 Å². The molecule has 3 saturated carbocycles. The molecule has 3 saturated heterocycles. The van der Waals surface area contributed by atoms with Crippen LogP contribution in [0, 0.1) is 28.1 Å². The minimum atomic E-state index is -3.71. The molecule has 23 atom stereocenters. The lowest BCUT2D eigenvalue weighted by molar-refractivity contribution is -0.346. The van der Waals surface area contributed by atoms with Gasteiger partial charge in [-0.15, -0.1) is 0 Å². The van der Waals surface area contributed by atoms with Crippen molar-refractivity contribution in [3.63, 3.8) is 0 Å². The summed E-state index contributed by atoms with van der Waals surface area (Å²) >= 11 is 0. The Hall–Kier alpha value is -10.9. The summed E-state index contributed by atoms with van der Waals surface area (Å²) in [5.74, 6) is -10.5. The molecule has 1 spiro atoms. The molecule has 6 aromatic rings. The number of aliphatic hydroxyl groups is 7. The number of para-hydroxylation sites is 1. The number of anilines is 2. The smallest absolute Gasteiger partial charge is 0.408 e. The lowest BCUT2D eigenvalue weighted by Crippen LogP contribution is -2.81. The van der Waals surface area contributed by atoms with Crippen molar-refractivity contribution in [2.75, 3.05) is 78.4 Å². The third-order valence-corrected chi connectivity index (χ3v) is 30.0. The minimum Gasteiger partial charge on any atom is -0.496 e. The number of hydrogen-bond donors (Lipinski definition) is 10. The van der Waals surface area contributed by atoms with Gasteiger partial charge in [0.05, 0.1) is 69.6 Å². The number of aromatic amines is 1. The van der Waals surface area contributed by atoms with Gasteiger partial charge in [-0.1, -0.05) is 118 Å². The summed E-state index contributed by atoms with van der Waals surface area (Å²) in [6.45, 7) is 20.2. The number of carbonyl (C=O) groups excluding carboxylic acids is 8. The number of halogens is 2. The number of H-pyrrole nitrogens is 1. The highest BCUT2D eigenvalue weighted by molar-refractivity contribution is 5.97. The predicted octanol–water partition coefficient (Wildman–Crippen LogP) is 6.72. The first kappa shape index (κ1) is 96.7. The van der Waals surface area contributed by atoms with E-state index in [2.05, 4.69) is 68.4 Å². The molecular weight excluding hydrogens is 1730 g/mol. The highest BCUT2D eigenvalue weighted by Gasteiger charge is 2.82. The SMILES string of the molecule is CC(=O)O[C@@]12CO[C@@H]1C[C@H](O)[C@@]1(C)C(=O)[C@H](O)C3=C(C)[C@@H](OC(=O)C(O)[C@@H](NC(=O)OC(C)(C)C)c4ccccc4)C[C@@](O)([C@@H](OC(=O)c4ccccc4)[C@H]21)C3(C)C.CCC1=C[C@@H]2C[N@](C1)Cc1c([nH]c3ccccc13)[C@@](C(=O)OC)(c1cc3c(cc1OC)N(C)[C@H]1[C@@](O)(C(=O)OC)[C@H](OC(C)=O)[C@]4(CC)C=CCN5CC[C@]31[C@@H]54)C2.Nc1ccn([C@@H]2O[C@H](CO)[C@@H](O)C2(F)F)c(=O)n1. The van der Waals surface area contributed by atoms with E-state index in [9.17, 15) is 77.8 Å². The fourth-order valence-electron chi connectivity index (χ4n) is 24.1. The molecule has 133 heavy (non-hydrogen) atoms. The molecule has 7 aliphatic heterocycles. The van der Waals surface area contributed by atoms with Crippen molar-refractivity contribution in [1.29, 1.82) is 0 Å². The Morgan fingerprint density at radius 2 is 1.51 bits per heavy atom. The van der Waals surface area contributed by atoms with E-state index in [0.717, 1.165) is 72.1 Å². The minimum absolute atomic E-state index is 0.0284. The fourth-order valence-corrected chi connectivity index (χ4v) is 24.1. The van der Waals surface area contributed by atoms with Crippen LogP contribution >= 0.6 is 0 Å². The van der Waals surface area contributed by atoms with Crippen molar-refractivity contribution in [1.82, 2.24) is 29.7 Å². The number of alkyl carbamates (subject to hydrolysis) is 1. The van der Waals surface area contributed by atoms with Crippen LogP contribution in [0.4, 0.5) is 25.1 Å². The van der Waals surface area contributed by atoms with Gasteiger partial charge in [-0.2, -0.15) is 13.8 Å². The number of likely N-dealkylation sites (N-methyl/N-ethyl adjacent to an activating group) is 1. The molecule has 9 heterocycles. The van der Waals surface area contributed by atoms with Gasteiger partial charge in [0.25, 0.3) is 0 Å². The zero-order chi connectivity index (χ0) is 96.5. The fraction of sp³-hybridized carbons (Fsp3) is 0.546. The highest BCUT2D eigenvalue weighted by atomic mass is 19.3. The summed E-state index contributed by atoms with van der Waals surface area (Å²) in [5.41, 5.74) is -2.88. The second-order valence-corrected chi connectivity index (χ2v) is 38.6. The van der Waals surface area contributed by atoms with Crippen molar-refractivity contribution in [3.8, 4) is 5.75 Å². The lowest BCUT2D eigenvalue weighted by atomic mass is 9.44. The maximum Gasteiger partial charge on any atom is 0.408 e. The molecule has 11 aliphatic rings. The Morgan fingerprint density at radius 3 is 2.12 bits per heavy atom. The third kappa shape index (κ3) is 15.4. The summed E-state index contributed by atoms with van der Waals surface area (Å²) < 4.78 is 86.1. The third-order valence-electron chi connectivity index (χ3n) is 30.0. The Morgan fingerprint density at radius 1 is 0.835 bits per heavy atom. The van der Waals surface area contributed by atoms with Gasteiger partial charge in [-0.05, 0) is 131 Å². The number of esters is 6. The van der Waals surface area contributed by atoms with Gasteiger partial charge >= 0.3 is 53.5 Å². The van der Waals surface area contributed by atoms with Crippen LogP contribution in [0.5, 0.6) is 5.75 Å². The first-order chi connectivity index (χ1) is 62.7. The van der Waals surface area contributed by atoms with E-state index in [1.54, 1.807) is 90.3 Å². The Balaban J connectivity index is 0.000000171. The molecule has 4 bridgehead atoms. The molecule has 716 valence electrons. The van der Waals surface area contributed by atoms with Crippen molar-refractivity contribution in [3.05, 3.63) is 188 Å². The van der Waals surface area contributed by atoms with Crippen LogP contribution in [0.1, 0.15) is 165 Å². The number of Topliss-reactive ketones (excluding diaryl/α,β-unsaturated/α-hetero) is 1. The number of alkyl halides is 2. The van der Waals surface area contributed by atoms with Gasteiger partial charge in [0.2, 0.25) is 11.8 Å². The largest absolute Gasteiger partial charge is 0.496 e. The molecule has 34 nitrogen and oxygen atoms in total. The van der Waals surface area contributed by atoms with Crippen LogP contribution in [0.2, 0.25) is 0 Å². The predicted molar refractivity (Wildman–Crippen MR) is 473 cm³/mol. The first-order valence-corrected chi connectivity index (χ1v) is 44.7. The molecule has 11 N–H and O–H groups in total. The normalized spacial score (nSPS) is 33.8. The number of methoxy groups -OCH3 is 3. The van der Waals surface area contributed by atoms with Gasteiger partial charge in [0.1, 0.15) is 58.7 Å². The molecule has 1 unspecified atom stereocenters. The van der Waals surface area contributed by atoms with E-state index in [0.29, 0.717) is 60.3 Å². The van der Waals surface area contributed by atoms with E-state index in [1.807, 2.05) is 37.1 Å². The van der Waals surface area contributed by atoms with Crippen LogP contribution in [0.25, 0.3) is 10.9 Å². The van der Waals surface area contributed by atoms with Crippen LogP contribution in [0.15, 0.2) is 149 Å². The average molecular weight is 1850 g/mol. The number of fused-ring (bicyclic) bond motifs is 11. The van der Waals surface area contributed by atoms with E-state index >= 15 is 4.79 Å². The average Bonchev–Trinajstić information content (AvgIpc) is 1.51. The van der Waals surface area contributed by atoms with Gasteiger partial charge in [0.15, 0.2) is 29.7 Å². The topological polar surface area (TPSA) is 469 Å². The number of nitrogen functional groups attached to an aromatic ring is 1. The lowest BCUT2D eigenvalue weighted by Gasteiger charge is -2.67. The van der Waals surface area contributed by atoms with Crippen LogP contribution in [0.3, 0.4) is 0 Å². The van der Waals surface area contributed by atoms with Gasteiger partial charge < -0.3 is 104 Å².